The number of sulfonamides is 1. The van der Waals surface area contributed by atoms with E-state index in [0.29, 0.717) is 15.8 Å². The van der Waals surface area contributed by atoms with Crippen LogP contribution >= 0.6 is 22.9 Å². The van der Waals surface area contributed by atoms with Crippen LogP contribution < -0.4 is 4.72 Å². The van der Waals surface area contributed by atoms with Gasteiger partial charge in [-0.05, 0) is 41.6 Å². The van der Waals surface area contributed by atoms with E-state index in [2.05, 4.69) is 25.3 Å². The van der Waals surface area contributed by atoms with E-state index >= 15 is 0 Å². The maximum Gasteiger partial charge on any atom is 0.271 e. The molecular weight excluding hydrogens is 334 g/mol. The van der Waals surface area contributed by atoms with Gasteiger partial charge in [-0.25, -0.2) is 8.42 Å². The molecule has 2 aromatic heterocycles. The second-order valence-corrected chi connectivity index (χ2v) is 7.60. The minimum atomic E-state index is -3.62. The molecule has 0 atom stereocenters. The third-order valence-corrected chi connectivity index (χ3v) is 5.66. The molecule has 21 heavy (non-hydrogen) atoms. The molecule has 0 amide bonds. The Morgan fingerprint density at radius 3 is 2.48 bits per heavy atom. The SMILES string of the molecule is O=S(=O)(Nc1ccc(-c2nn[nH]n2)cc1)c1ccc(Cl)s1. The van der Waals surface area contributed by atoms with Crippen LogP contribution in [0.5, 0.6) is 0 Å². The molecule has 7 nitrogen and oxygen atoms in total. The summed E-state index contributed by atoms with van der Waals surface area (Å²) in [6, 6.07) is 9.65. The Kier molecular flexibility index (Phi) is 3.62. The van der Waals surface area contributed by atoms with E-state index in [4.69, 9.17) is 11.6 Å². The van der Waals surface area contributed by atoms with Crippen LogP contribution in [-0.2, 0) is 10.0 Å². The molecule has 0 aliphatic heterocycles. The van der Waals surface area contributed by atoms with Crippen molar-refractivity contribution in [3.63, 3.8) is 0 Å². The summed E-state index contributed by atoms with van der Waals surface area (Å²) in [7, 11) is -3.62. The molecular formula is C11H8ClN5O2S2. The van der Waals surface area contributed by atoms with Gasteiger partial charge in [-0.2, -0.15) is 5.21 Å². The van der Waals surface area contributed by atoms with Crippen LogP contribution in [0.25, 0.3) is 11.4 Å². The molecule has 1 aromatic carbocycles. The monoisotopic (exact) mass is 341 g/mol. The first-order chi connectivity index (χ1) is 10.0. The minimum absolute atomic E-state index is 0.162. The first kappa shape index (κ1) is 14.0. The number of anilines is 1. The summed E-state index contributed by atoms with van der Waals surface area (Å²) in [6.07, 6.45) is 0. The topological polar surface area (TPSA) is 101 Å². The van der Waals surface area contributed by atoms with Gasteiger partial charge in [0.2, 0.25) is 5.82 Å². The number of rotatable bonds is 4. The third-order valence-electron chi connectivity index (χ3n) is 2.55. The highest BCUT2D eigenvalue weighted by molar-refractivity contribution is 7.94. The van der Waals surface area contributed by atoms with E-state index in [1.165, 1.54) is 6.07 Å². The fourth-order valence-electron chi connectivity index (χ4n) is 1.62. The van der Waals surface area contributed by atoms with Crippen molar-refractivity contribution in [3.8, 4) is 11.4 Å². The molecule has 0 fully saturated rings. The molecule has 0 aliphatic carbocycles. The fraction of sp³-hybridized carbons (Fsp3) is 0. The number of hydrogen-bond donors (Lipinski definition) is 2. The predicted octanol–water partition coefficient (Wildman–Crippen LogP) is 2.38. The molecule has 10 heteroatoms. The Balaban J connectivity index is 1.82. The molecule has 2 heterocycles. The van der Waals surface area contributed by atoms with Crippen LogP contribution in [0.4, 0.5) is 5.69 Å². The number of nitrogens with one attached hydrogen (secondary N) is 2. The van der Waals surface area contributed by atoms with Crippen LogP contribution in [0.1, 0.15) is 0 Å². The highest BCUT2D eigenvalue weighted by atomic mass is 35.5. The van der Waals surface area contributed by atoms with Crippen LogP contribution in [0.2, 0.25) is 4.34 Å². The molecule has 0 saturated carbocycles. The maximum atomic E-state index is 12.1. The lowest BCUT2D eigenvalue weighted by molar-refractivity contribution is 0.603. The van der Waals surface area contributed by atoms with Crippen molar-refractivity contribution in [3.05, 3.63) is 40.7 Å². The van der Waals surface area contributed by atoms with Crippen LogP contribution in [0.15, 0.2) is 40.6 Å². The summed E-state index contributed by atoms with van der Waals surface area (Å²) in [5.74, 6) is 0.439. The lowest BCUT2D eigenvalue weighted by atomic mass is 10.2. The van der Waals surface area contributed by atoms with Crippen molar-refractivity contribution in [1.29, 1.82) is 0 Å². The molecule has 0 saturated heterocycles. The molecule has 0 unspecified atom stereocenters. The Labute approximate surface area is 129 Å². The number of H-pyrrole nitrogens is 1. The Morgan fingerprint density at radius 2 is 1.90 bits per heavy atom. The van der Waals surface area contributed by atoms with Gasteiger partial charge in [-0.3, -0.25) is 4.72 Å². The summed E-state index contributed by atoms with van der Waals surface area (Å²) in [6.45, 7) is 0. The van der Waals surface area contributed by atoms with Gasteiger partial charge in [0.15, 0.2) is 0 Å². The van der Waals surface area contributed by atoms with Crippen molar-refractivity contribution in [2.75, 3.05) is 4.72 Å². The number of aromatic nitrogens is 4. The number of nitrogens with zero attached hydrogens (tertiary/aromatic N) is 3. The number of aromatic amines is 1. The zero-order valence-corrected chi connectivity index (χ0v) is 12.7. The van der Waals surface area contributed by atoms with Gasteiger partial charge in [0.25, 0.3) is 10.0 Å². The van der Waals surface area contributed by atoms with E-state index in [-0.39, 0.29) is 4.21 Å². The van der Waals surface area contributed by atoms with E-state index in [9.17, 15) is 8.42 Å². The molecule has 3 rings (SSSR count). The van der Waals surface area contributed by atoms with Crippen LogP contribution in [0.3, 0.4) is 0 Å². The Hall–Kier alpha value is -1.97. The first-order valence-electron chi connectivity index (χ1n) is 5.67. The molecule has 108 valence electrons. The standard InChI is InChI=1S/C11H8ClN5O2S2/c12-9-5-6-10(20-9)21(18,19)15-8-3-1-7(2-4-8)11-13-16-17-14-11/h1-6,15H,(H,13,14,16,17). The van der Waals surface area contributed by atoms with Gasteiger partial charge < -0.3 is 0 Å². The summed E-state index contributed by atoms with van der Waals surface area (Å²) in [4.78, 5) is 0. The van der Waals surface area contributed by atoms with E-state index in [1.54, 1.807) is 30.3 Å². The third kappa shape index (κ3) is 3.04. The number of hydrogen-bond acceptors (Lipinski definition) is 6. The first-order valence-corrected chi connectivity index (χ1v) is 8.34. The summed E-state index contributed by atoms with van der Waals surface area (Å²) < 4.78 is 27.3. The number of tetrazole rings is 1. The molecule has 3 aromatic rings. The largest absolute Gasteiger partial charge is 0.279 e. The predicted molar refractivity (Wildman–Crippen MR) is 79.8 cm³/mol. The summed E-state index contributed by atoms with van der Waals surface area (Å²) in [5, 5.41) is 13.5. The Morgan fingerprint density at radius 1 is 1.14 bits per heavy atom. The van der Waals surface area contributed by atoms with E-state index in [0.717, 1.165) is 16.9 Å². The van der Waals surface area contributed by atoms with Gasteiger partial charge in [-0.15, -0.1) is 21.5 Å². The van der Waals surface area contributed by atoms with E-state index < -0.39 is 10.0 Å². The van der Waals surface area contributed by atoms with Crippen LogP contribution in [0, 0.1) is 0 Å². The van der Waals surface area contributed by atoms with Gasteiger partial charge in [0.05, 0.1) is 4.34 Å². The highest BCUT2D eigenvalue weighted by Gasteiger charge is 2.16. The van der Waals surface area contributed by atoms with Crippen molar-refractivity contribution >= 4 is 38.6 Å². The second-order valence-electron chi connectivity index (χ2n) is 3.98. The van der Waals surface area contributed by atoms with Gasteiger partial charge in [-0.1, -0.05) is 11.6 Å². The number of halogens is 1. The van der Waals surface area contributed by atoms with Crippen molar-refractivity contribution in [2.24, 2.45) is 0 Å². The highest BCUT2D eigenvalue weighted by Crippen LogP contribution is 2.27. The lowest BCUT2D eigenvalue weighted by Crippen LogP contribution is -2.11. The van der Waals surface area contributed by atoms with Crippen molar-refractivity contribution in [2.45, 2.75) is 4.21 Å². The van der Waals surface area contributed by atoms with E-state index in [1.807, 2.05) is 0 Å². The average molecular weight is 342 g/mol. The number of benzene rings is 1. The summed E-state index contributed by atoms with van der Waals surface area (Å²) >= 11 is 6.75. The molecule has 0 radical (unpaired) electrons. The zero-order chi connectivity index (χ0) is 14.9. The lowest BCUT2D eigenvalue weighted by Gasteiger charge is -2.06. The summed E-state index contributed by atoms with van der Waals surface area (Å²) in [5.41, 5.74) is 1.16. The quantitative estimate of drug-likeness (QED) is 0.758. The number of thiophene rings is 1. The molecule has 2 N–H and O–H groups in total. The van der Waals surface area contributed by atoms with Gasteiger partial charge in [0, 0.05) is 11.3 Å². The second kappa shape index (κ2) is 5.43. The average Bonchev–Trinajstić information content (AvgIpc) is 3.10. The molecule has 0 spiro atoms. The molecule has 0 aliphatic rings. The van der Waals surface area contributed by atoms with Crippen LogP contribution in [-0.4, -0.2) is 29.0 Å². The zero-order valence-electron chi connectivity index (χ0n) is 10.3. The molecule has 0 bridgehead atoms. The van der Waals surface area contributed by atoms with Gasteiger partial charge >= 0.3 is 0 Å². The van der Waals surface area contributed by atoms with Gasteiger partial charge in [0.1, 0.15) is 4.21 Å². The van der Waals surface area contributed by atoms with Crippen molar-refractivity contribution < 1.29 is 8.42 Å². The smallest absolute Gasteiger partial charge is 0.271 e. The minimum Gasteiger partial charge on any atom is -0.279 e. The normalized spacial score (nSPS) is 11.5. The Bertz CT molecular complexity index is 843. The maximum absolute atomic E-state index is 12.1. The fourth-order valence-corrected chi connectivity index (χ4v) is 4.16. The van der Waals surface area contributed by atoms with Crippen molar-refractivity contribution in [1.82, 2.24) is 20.6 Å².